The lowest BCUT2D eigenvalue weighted by Gasteiger charge is -2.28. The molecule has 0 aromatic carbocycles. The second-order valence-electron chi connectivity index (χ2n) is 4.88. The Kier molecular flexibility index (Phi) is 3.98. The van der Waals surface area contributed by atoms with Crippen molar-refractivity contribution in [1.82, 2.24) is 15.1 Å². The topological polar surface area (TPSA) is 104 Å². The van der Waals surface area contributed by atoms with Crippen molar-refractivity contribution in [2.24, 2.45) is 0 Å². The highest BCUT2D eigenvalue weighted by molar-refractivity contribution is 7.91. The molecule has 2 heterocycles. The van der Waals surface area contributed by atoms with Crippen molar-refractivity contribution < 1.29 is 22.8 Å². The first-order valence-corrected chi connectivity index (χ1v) is 8.24. The summed E-state index contributed by atoms with van der Waals surface area (Å²) in [5, 5.41) is 2.34. The van der Waals surface area contributed by atoms with Crippen LogP contribution in [0.5, 0.6) is 0 Å². The van der Waals surface area contributed by atoms with E-state index in [4.69, 9.17) is 0 Å². The molecule has 1 atom stereocenters. The zero-order valence-electron chi connectivity index (χ0n) is 11.2. The van der Waals surface area contributed by atoms with Crippen molar-refractivity contribution in [2.45, 2.75) is 19.4 Å². The van der Waals surface area contributed by atoms with Gasteiger partial charge in [-0.2, -0.15) is 0 Å². The summed E-state index contributed by atoms with van der Waals surface area (Å²) in [7, 11) is -3.09. The van der Waals surface area contributed by atoms with Crippen LogP contribution >= 0.6 is 0 Å². The molecule has 2 aliphatic rings. The molecule has 0 aromatic heterocycles. The summed E-state index contributed by atoms with van der Waals surface area (Å²) in [6.45, 7) is 1.66. The largest absolute Gasteiger partial charge is 0.337 e. The van der Waals surface area contributed by atoms with Gasteiger partial charge < -0.3 is 10.2 Å². The van der Waals surface area contributed by atoms with Crippen LogP contribution < -0.4 is 5.32 Å². The third-order valence-corrected chi connectivity index (χ3v) is 5.29. The Morgan fingerprint density at radius 2 is 2.15 bits per heavy atom. The maximum atomic E-state index is 12.2. The first kappa shape index (κ1) is 14.8. The van der Waals surface area contributed by atoms with Crippen LogP contribution in [0.2, 0.25) is 0 Å². The number of likely N-dealkylation sites (N-methyl/N-ethyl adjacent to an activating group) is 1. The quantitative estimate of drug-likeness (QED) is 0.642. The molecule has 0 aliphatic carbocycles. The van der Waals surface area contributed by atoms with Crippen molar-refractivity contribution >= 4 is 27.7 Å². The molecule has 20 heavy (non-hydrogen) atoms. The zero-order chi connectivity index (χ0) is 14.9. The van der Waals surface area contributed by atoms with Gasteiger partial charge in [-0.25, -0.2) is 13.2 Å². The summed E-state index contributed by atoms with van der Waals surface area (Å²) in [6, 6.07) is -0.947. The van der Waals surface area contributed by atoms with E-state index >= 15 is 0 Å². The lowest BCUT2D eigenvalue weighted by atomic mass is 10.2. The molecule has 0 aromatic rings. The minimum absolute atomic E-state index is 0.0489. The standard InChI is InChI=1S/C11H17N3O5S/c1-2-13(8-3-4-20(18,19)7-8)10(16)6-14-9(15)5-12-11(14)17/h8H,2-7H2,1H3,(H,12,17). The van der Waals surface area contributed by atoms with E-state index in [0.717, 1.165) is 4.90 Å². The molecule has 2 aliphatic heterocycles. The van der Waals surface area contributed by atoms with Gasteiger partial charge in [0.1, 0.15) is 6.54 Å². The Hall–Kier alpha value is -1.64. The molecule has 2 saturated heterocycles. The molecular weight excluding hydrogens is 286 g/mol. The Labute approximate surface area is 117 Å². The highest BCUT2D eigenvalue weighted by atomic mass is 32.2. The molecule has 1 unspecified atom stereocenters. The minimum Gasteiger partial charge on any atom is -0.337 e. The van der Waals surface area contributed by atoms with Gasteiger partial charge in [0.15, 0.2) is 9.84 Å². The van der Waals surface area contributed by atoms with Crippen LogP contribution in [0.4, 0.5) is 4.79 Å². The molecule has 112 valence electrons. The normalized spacial score (nSPS) is 24.9. The summed E-state index contributed by atoms with van der Waals surface area (Å²) >= 11 is 0. The number of hydrogen-bond donors (Lipinski definition) is 1. The molecule has 2 rings (SSSR count). The SMILES string of the molecule is CCN(C(=O)CN1C(=O)CNC1=O)C1CCS(=O)(=O)C1. The van der Waals surface area contributed by atoms with Crippen LogP contribution in [0.1, 0.15) is 13.3 Å². The van der Waals surface area contributed by atoms with Gasteiger partial charge in [0, 0.05) is 12.6 Å². The summed E-state index contributed by atoms with van der Waals surface area (Å²) < 4.78 is 22.9. The van der Waals surface area contributed by atoms with Crippen LogP contribution in [0.15, 0.2) is 0 Å². The van der Waals surface area contributed by atoms with Gasteiger partial charge in [0.25, 0.3) is 5.91 Å². The smallest absolute Gasteiger partial charge is 0.325 e. The molecular formula is C11H17N3O5S. The van der Waals surface area contributed by atoms with Gasteiger partial charge in [0.2, 0.25) is 5.91 Å². The highest BCUT2D eigenvalue weighted by Crippen LogP contribution is 2.18. The predicted molar refractivity (Wildman–Crippen MR) is 69.6 cm³/mol. The first-order chi connectivity index (χ1) is 9.34. The van der Waals surface area contributed by atoms with Crippen LogP contribution in [0, 0.1) is 0 Å². The average molecular weight is 303 g/mol. The third-order valence-electron chi connectivity index (χ3n) is 3.54. The number of amides is 4. The number of sulfone groups is 1. The van der Waals surface area contributed by atoms with Crippen LogP contribution in [-0.2, 0) is 19.4 Å². The van der Waals surface area contributed by atoms with E-state index in [1.165, 1.54) is 4.90 Å². The highest BCUT2D eigenvalue weighted by Gasteiger charge is 2.36. The number of urea groups is 1. The van der Waals surface area contributed by atoms with E-state index in [2.05, 4.69) is 5.32 Å². The lowest BCUT2D eigenvalue weighted by molar-refractivity contribution is -0.137. The van der Waals surface area contributed by atoms with Crippen molar-refractivity contribution in [2.75, 3.05) is 31.1 Å². The predicted octanol–water partition coefficient (Wildman–Crippen LogP) is -1.43. The van der Waals surface area contributed by atoms with Crippen LogP contribution in [0.3, 0.4) is 0 Å². The zero-order valence-corrected chi connectivity index (χ0v) is 12.0. The van der Waals surface area contributed by atoms with E-state index in [0.29, 0.717) is 13.0 Å². The monoisotopic (exact) mass is 303 g/mol. The van der Waals surface area contributed by atoms with E-state index in [1.807, 2.05) is 0 Å². The molecule has 0 saturated carbocycles. The molecule has 1 N–H and O–H groups in total. The number of nitrogens with one attached hydrogen (secondary N) is 1. The van der Waals surface area contributed by atoms with Crippen molar-refractivity contribution in [3.63, 3.8) is 0 Å². The van der Waals surface area contributed by atoms with Gasteiger partial charge in [-0.15, -0.1) is 0 Å². The summed E-state index contributed by atoms with van der Waals surface area (Å²) in [4.78, 5) is 37.3. The van der Waals surface area contributed by atoms with Crippen molar-refractivity contribution in [3.8, 4) is 0 Å². The number of nitrogens with zero attached hydrogens (tertiary/aromatic N) is 2. The molecule has 8 nitrogen and oxygen atoms in total. The van der Waals surface area contributed by atoms with Gasteiger partial charge in [-0.05, 0) is 13.3 Å². The van der Waals surface area contributed by atoms with E-state index in [9.17, 15) is 22.8 Å². The lowest BCUT2D eigenvalue weighted by Crippen LogP contribution is -2.47. The number of rotatable bonds is 4. The minimum atomic E-state index is -3.09. The van der Waals surface area contributed by atoms with Crippen molar-refractivity contribution in [1.29, 1.82) is 0 Å². The average Bonchev–Trinajstić information content (AvgIpc) is 2.87. The third kappa shape index (κ3) is 2.92. The Morgan fingerprint density at radius 3 is 2.60 bits per heavy atom. The molecule has 9 heteroatoms. The number of hydrogen-bond acceptors (Lipinski definition) is 5. The summed E-state index contributed by atoms with van der Waals surface area (Å²) in [5.74, 6) is -0.824. The molecule has 0 spiro atoms. The molecule has 0 bridgehead atoms. The van der Waals surface area contributed by atoms with Gasteiger partial charge in [0.05, 0.1) is 18.1 Å². The fourth-order valence-corrected chi connectivity index (χ4v) is 4.23. The van der Waals surface area contributed by atoms with Crippen LogP contribution in [0.25, 0.3) is 0 Å². The molecule has 0 radical (unpaired) electrons. The summed E-state index contributed by atoms with van der Waals surface area (Å²) in [6.07, 6.45) is 0.405. The Balaban J connectivity index is 2.03. The van der Waals surface area contributed by atoms with E-state index < -0.39 is 27.7 Å². The van der Waals surface area contributed by atoms with E-state index in [-0.39, 0.29) is 30.6 Å². The number of carbonyl (C=O) groups is 3. The van der Waals surface area contributed by atoms with Crippen molar-refractivity contribution in [3.05, 3.63) is 0 Å². The number of carbonyl (C=O) groups excluding carboxylic acids is 3. The molecule has 2 fully saturated rings. The fraction of sp³-hybridized carbons (Fsp3) is 0.727. The second-order valence-corrected chi connectivity index (χ2v) is 7.10. The fourth-order valence-electron chi connectivity index (χ4n) is 2.50. The Morgan fingerprint density at radius 1 is 1.45 bits per heavy atom. The van der Waals surface area contributed by atoms with Gasteiger partial charge >= 0.3 is 6.03 Å². The molecule has 4 amide bonds. The first-order valence-electron chi connectivity index (χ1n) is 6.42. The van der Waals surface area contributed by atoms with Gasteiger partial charge in [-0.1, -0.05) is 0 Å². The van der Waals surface area contributed by atoms with E-state index in [1.54, 1.807) is 6.92 Å². The maximum absolute atomic E-state index is 12.2. The Bertz CT molecular complexity index is 528. The maximum Gasteiger partial charge on any atom is 0.325 e. The van der Waals surface area contributed by atoms with Crippen LogP contribution in [-0.4, -0.2) is 73.2 Å². The second kappa shape index (κ2) is 5.39. The number of imide groups is 1. The van der Waals surface area contributed by atoms with Gasteiger partial charge in [-0.3, -0.25) is 14.5 Å². The summed E-state index contributed by atoms with van der Waals surface area (Å²) in [5.41, 5.74) is 0.